The number of aromatic amines is 1. The van der Waals surface area contributed by atoms with Crippen LogP contribution >= 0.6 is 0 Å². The number of H-pyrrole nitrogens is 1. The molecule has 0 saturated carbocycles. The number of carbonyl (C=O) groups is 7. The highest BCUT2D eigenvalue weighted by molar-refractivity contribution is 5.93. The molecule has 2 unspecified atom stereocenters. The molecule has 8 N–H and O–H groups in total. The van der Waals surface area contributed by atoms with E-state index in [0.29, 0.717) is 49.8 Å². The first-order chi connectivity index (χ1) is 36.9. The number of esters is 1. The second-order valence-electron chi connectivity index (χ2n) is 22.8. The Hall–Kier alpha value is -5.60. The number of Topliss-reactive ketones (excluding diaryl/α,β-unsaturated/α-hetero) is 2. The van der Waals surface area contributed by atoms with Gasteiger partial charge in [0, 0.05) is 67.7 Å². The van der Waals surface area contributed by atoms with Crippen molar-refractivity contribution >= 4 is 41.2 Å². The molecule has 3 saturated heterocycles. The number of hydrogen-bond donors (Lipinski definition) is 8. The number of amides is 4. The van der Waals surface area contributed by atoms with Gasteiger partial charge in [0.15, 0.2) is 5.72 Å². The van der Waals surface area contributed by atoms with Crippen molar-refractivity contribution in [3.05, 3.63) is 82.4 Å². The fourth-order valence-electron chi connectivity index (χ4n) is 11.1. The van der Waals surface area contributed by atoms with Gasteiger partial charge in [-0.1, -0.05) is 104 Å². The lowest BCUT2D eigenvalue weighted by Gasteiger charge is -2.54. The molecule has 432 valence electrons. The summed E-state index contributed by atoms with van der Waals surface area (Å²) in [4.78, 5) is 111. The molecule has 4 aliphatic heterocycles. The van der Waals surface area contributed by atoms with Crippen molar-refractivity contribution in [3.63, 3.8) is 0 Å². The number of nitrogens with one attached hydrogen (secondary N) is 5. The fraction of sp³-hybridized carbons (Fsp3) is 0.661. The van der Waals surface area contributed by atoms with Crippen LogP contribution in [0.1, 0.15) is 139 Å². The van der Waals surface area contributed by atoms with E-state index in [0.717, 1.165) is 0 Å². The van der Waals surface area contributed by atoms with E-state index in [-0.39, 0.29) is 73.9 Å². The summed E-state index contributed by atoms with van der Waals surface area (Å²) >= 11 is 0. The van der Waals surface area contributed by atoms with Gasteiger partial charge in [-0.05, 0) is 82.3 Å². The van der Waals surface area contributed by atoms with Gasteiger partial charge in [0.05, 0.1) is 36.3 Å². The average Bonchev–Trinajstić information content (AvgIpc) is 3.51. The van der Waals surface area contributed by atoms with Gasteiger partial charge in [-0.3, -0.25) is 38.6 Å². The number of ketones is 2. The molecule has 19 heteroatoms. The van der Waals surface area contributed by atoms with E-state index in [2.05, 4.69) is 26.4 Å². The van der Waals surface area contributed by atoms with Crippen molar-refractivity contribution in [3.8, 4) is 0 Å². The Morgan fingerprint density at radius 3 is 2.37 bits per heavy atom. The third-order valence-corrected chi connectivity index (χ3v) is 16.5. The summed E-state index contributed by atoms with van der Waals surface area (Å²) in [7, 11) is 0. The summed E-state index contributed by atoms with van der Waals surface area (Å²) in [6.07, 6.45) is 10.7. The number of allylic oxidation sites excluding steroid dienone is 5. The van der Waals surface area contributed by atoms with E-state index >= 15 is 0 Å². The van der Waals surface area contributed by atoms with Crippen LogP contribution in [0, 0.1) is 47.3 Å². The number of fused-ring (bicyclic) bond motifs is 2. The fourth-order valence-corrected chi connectivity index (χ4v) is 11.1. The minimum atomic E-state index is -1.45. The topological polar surface area (TPSA) is 283 Å². The molecule has 5 heterocycles. The quantitative estimate of drug-likeness (QED) is 0.0881. The maximum Gasteiger partial charge on any atom is 0.325 e. The number of carbonyl (C=O) groups excluding carboxylic acids is 7. The van der Waals surface area contributed by atoms with Gasteiger partial charge >= 0.3 is 5.97 Å². The van der Waals surface area contributed by atoms with Crippen molar-refractivity contribution in [2.45, 2.75) is 194 Å². The average molecular weight is 1090 g/mol. The van der Waals surface area contributed by atoms with Crippen LogP contribution in [0.3, 0.4) is 0 Å². The smallest absolute Gasteiger partial charge is 0.325 e. The molecule has 1 aromatic heterocycles. The van der Waals surface area contributed by atoms with Gasteiger partial charge in [-0.15, -0.1) is 0 Å². The molecule has 16 atom stereocenters. The van der Waals surface area contributed by atoms with Crippen LogP contribution in [0.2, 0.25) is 0 Å². The van der Waals surface area contributed by atoms with Crippen molar-refractivity contribution < 1.29 is 58.4 Å². The molecule has 2 bridgehead atoms. The Morgan fingerprint density at radius 1 is 0.962 bits per heavy atom. The third-order valence-electron chi connectivity index (χ3n) is 16.5. The first kappa shape index (κ1) is 63.2. The van der Waals surface area contributed by atoms with Gasteiger partial charge in [-0.25, -0.2) is 5.43 Å². The number of hydrazine groups is 1. The van der Waals surface area contributed by atoms with Gasteiger partial charge in [0.25, 0.3) is 5.91 Å². The van der Waals surface area contributed by atoms with Crippen molar-refractivity contribution in [2.24, 2.45) is 47.3 Å². The second-order valence-corrected chi connectivity index (χ2v) is 22.8. The van der Waals surface area contributed by atoms with E-state index in [1.165, 1.54) is 30.1 Å². The molecule has 4 amide bonds. The van der Waals surface area contributed by atoms with Gasteiger partial charge in [0.1, 0.15) is 35.8 Å². The predicted octanol–water partition coefficient (Wildman–Crippen LogP) is 4.60. The lowest BCUT2D eigenvalue weighted by Crippen LogP contribution is -2.70. The Bertz CT molecular complexity index is 2450. The Kier molecular flexibility index (Phi) is 23.5. The predicted molar refractivity (Wildman–Crippen MR) is 293 cm³/mol. The summed E-state index contributed by atoms with van der Waals surface area (Å²) in [6.45, 7) is 17.9. The molecule has 0 radical (unpaired) electrons. The molecule has 19 nitrogen and oxygen atoms in total. The SMILES string of the molecule is CC[C@H]1C[C@H](C)[C@@]2(NC1=O)O[C@@H](C[C@H](O)[C@@H](C)CCC=CC=C(C)[C@@H]1CC=CC=C[C@H](O)[C@H](C)[C@@H](O)[C@@H](CCC(C)=O)C(=O)N[C@@H](C(C)C)C(=O)N[C@@H](Cc3cccc(=O)[nH]3)C(=O)N3CCCC(N3)C(=O)O1)[C@H](C)C(=O)C2C. The van der Waals surface area contributed by atoms with E-state index < -0.39 is 113 Å². The van der Waals surface area contributed by atoms with Crippen LogP contribution in [0.15, 0.2) is 71.1 Å². The highest BCUT2D eigenvalue weighted by atomic mass is 16.5. The zero-order valence-electron chi connectivity index (χ0n) is 47.4. The maximum absolute atomic E-state index is 14.5. The minimum absolute atomic E-state index is 0.0107. The molecular weight excluding hydrogens is 1000 g/mol. The number of aliphatic hydroxyl groups is 3. The number of hydrogen-bond acceptors (Lipinski definition) is 14. The number of rotatable bonds is 15. The molecule has 0 aliphatic carbocycles. The summed E-state index contributed by atoms with van der Waals surface area (Å²) in [5.74, 6) is -7.00. The van der Waals surface area contributed by atoms with E-state index in [4.69, 9.17) is 9.47 Å². The van der Waals surface area contributed by atoms with E-state index in [1.807, 2.05) is 59.8 Å². The van der Waals surface area contributed by atoms with Crippen LogP contribution < -0.4 is 26.9 Å². The normalized spacial score (nSPS) is 33.2. The molecule has 4 aliphatic rings. The molecule has 0 aromatic carbocycles. The first-order valence-electron chi connectivity index (χ1n) is 28.2. The van der Waals surface area contributed by atoms with Crippen LogP contribution in [0.4, 0.5) is 0 Å². The summed E-state index contributed by atoms with van der Waals surface area (Å²) in [5.41, 5.74) is 2.51. The van der Waals surface area contributed by atoms with Gasteiger partial charge in [-0.2, -0.15) is 0 Å². The number of pyridine rings is 1. The summed E-state index contributed by atoms with van der Waals surface area (Å²) < 4.78 is 12.8. The first-order valence-corrected chi connectivity index (χ1v) is 28.2. The third kappa shape index (κ3) is 16.5. The van der Waals surface area contributed by atoms with E-state index in [1.54, 1.807) is 45.1 Å². The highest BCUT2D eigenvalue weighted by Crippen LogP contribution is 2.44. The van der Waals surface area contributed by atoms with Crippen LogP contribution in [0.5, 0.6) is 0 Å². The molecule has 5 rings (SSSR count). The number of cyclic esters (lactones) is 1. The molecule has 1 spiro atoms. The lowest BCUT2D eigenvalue weighted by molar-refractivity contribution is -0.229. The van der Waals surface area contributed by atoms with Crippen molar-refractivity contribution in [1.29, 1.82) is 0 Å². The Balaban J connectivity index is 1.35. The zero-order chi connectivity index (χ0) is 57.6. The number of ether oxygens (including phenoxy) is 2. The molecule has 78 heavy (non-hydrogen) atoms. The van der Waals surface area contributed by atoms with Crippen LogP contribution in [-0.2, 0) is 49.5 Å². The van der Waals surface area contributed by atoms with Gasteiger partial charge < -0.3 is 50.5 Å². The minimum Gasteiger partial charge on any atom is -0.456 e. The van der Waals surface area contributed by atoms with Gasteiger partial charge in [0.2, 0.25) is 23.3 Å². The summed E-state index contributed by atoms with van der Waals surface area (Å²) in [5, 5.41) is 44.1. The Morgan fingerprint density at radius 2 is 1.69 bits per heavy atom. The lowest BCUT2D eigenvalue weighted by atomic mass is 9.70. The summed E-state index contributed by atoms with van der Waals surface area (Å²) in [6, 6.07) is 0.953. The van der Waals surface area contributed by atoms with Crippen LogP contribution in [0.25, 0.3) is 0 Å². The monoisotopic (exact) mass is 1090 g/mol. The maximum atomic E-state index is 14.5. The molecule has 1 aromatic rings. The zero-order valence-corrected chi connectivity index (χ0v) is 47.4. The van der Waals surface area contributed by atoms with E-state index in [9.17, 15) is 53.7 Å². The number of aromatic nitrogens is 1. The number of aliphatic hydroxyl groups excluding tert-OH is 3. The molecule has 3 fully saturated rings. The number of nitrogens with zero attached hydrogens (tertiary/aromatic N) is 1. The standard InChI is InChI=1S/C59H88N6O13/c1-11-41-30-36(6)59(63-54(41)72)40(10)52(70)39(9)49(78-59)32-47(68)34(4)20-14-12-15-21-35(5)48-25-17-13-16-24-46(67)38(8)53(71)43(28-27-37(7)66)55(73)62-51(33(2)3)56(74)61-45(31-42-22-18-26-50(69)60-42)57(75)65-29-19-23-44(64-65)58(76)77-48/h12-13,15-18,21-22,24,26,33-34,36,38-41,43-49,51,53,64,67-68,71H,11,14,19-20,23,25,27-32H2,1-10H3,(H,60,69)(H,61,74)(H,62,73)(H,63,72)/t34-,36-,38-,39-,40?,41-,43+,44?,45-,46-,47-,48-,49-,51-,53+,59+/m0/s1. The van der Waals surface area contributed by atoms with Crippen molar-refractivity contribution in [2.75, 3.05) is 6.54 Å². The second kappa shape index (κ2) is 29.0. The Labute approximate surface area is 459 Å². The molecular formula is C59H88N6O13. The highest BCUT2D eigenvalue weighted by Gasteiger charge is 2.57. The largest absolute Gasteiger partial charge is 0.456 e. The van der Waals surface area contributed by atoms with Crippen LogP contribution in [-0.4, -0.2) is 127 Å². The van der Waals surface area contributed by atoms with Crippen molar-refractivity contribution in [1.82, 2.24) is 31.4 Å². The number of piperidine rings is 1.